The normalized spacial score (nSPS) is 25.9. The molecule has 2 fully saturated rings. The number of rotatable bonds is 3. The standard InChI is InChI=1S/C17H24N2O/c1-13-12-16(13)17(20)18-14-6-8-15(9-7-14)19-10-4-2-3-5-11-19/h6-9,13,16H,2-5,10-12H2,1H3,(H,18,20). The molecular formula is C17H24N2O. The summed E-state index contributed by atoms with van der Waals surface area (Å²) >= 11 is 0. The van der Waals surface area contributed by atoms with Gasteiger partial charge in [-0.2, -0.15) is 0 Å². The highest BCUT2D eigenvalue weighted by molar-refractivity contribution is 5.94. The lowest BCUT2D eigenvalue weighted by molar-refractivity contribution is -0.117. The Labute approximate surface area is 121 Å². The van der Waals surface area contributed by atoms with Gasteiger partial charge in [-0.25, -0.2) is 0 Å². The number of carbonyl (C=O) groups excluding carboxylic acids is 1. The van der Waals surface area contributed by atoms with Crippen LogP contribution in [0.4, 0.5) is 11.4 Å². The smallest absolute Gasteiger partial charge is 0.227 e. The summed E-state index contributed by atoms with van der Waals surface area (Å²) in [5, 5.41) is 3.02. The molecule has 1 saturated heterocycles. The van der Waals surface area contributed by atoms with Crippen molar-refractivity contribution in [1.82, 2.24) is 0 Å². The summed E-state index contributed by atoms with van der Waals surface area (Å²) in [5.74, 6) is 0.978. The zero-order valence-corrected chi connectivity index (χ0v) is 12.3. The van der Waals surface area contributed by atoms with Gasteiger partial charge in [-0.1, -0.05) is 19.8 Å². The molecule has 3 heteroatoms. The van der Waals surface area contributed by atoms with Gasteiger partial charge >= 0.3 is 0 Å². The van der Waals surface area contributed by atoms with Crippen molar-refractivity contribution in [2.75, 3.05) is 23.3 Å². The molecule has 1 heterocycles. The molecule has 0 radical (unpaired) electrons. The molecular weight excluding hydrogens is 248 g/mol. The second kappa shape index (κ2) is 5.86. The summed E-state index contributed by atoms with van der Waals surface area (Å²) in [6.07, 6.45) is 6.32. The number of benzene rings is 1. The van der Waals surface area contributed by atoms with Crippen LogP contribution in [0.3, 0.4) is 0 Å². The van der Waals surface area contributed by atoms with Crippen molar-refractivity contribution in [1.29, 1.82) is 0 Å². The summed E-state index contributed by atoms with van der Waals surface area (Å²) < 4.78 is 0. The molecule has 20 heavy (non-hydrogen) atoms. The van der Waals surface area contributed by atoms with Gasteiger partial charge in [0.25, 0.3) is 0 Å². The number of hydrogen-bond acceptors (Lipinski definition) is 2. The molecule has 1 aromatic carbocycles. The Bertz CT molecular complexity index is 460. The largest absolute Gasteiger partial charge is 0.372 e. The minimum absolute atomic E-state index is 0.181. The Morgan fingerprint density at radius 1 is 1.10 bits per heavy atom. The average molecular weight is 272 g/mol. The predicted molar refractivity (Wildman–Crippen MR) is 83.0 cm³/mol. The zero-order valence-electron chi connectivity index (χ0n) is 12.3. The molecule has 0 spiro atoms. The van der Waals surface area contributed by atoms with Crippen LogP contribution >= 0.6 is 0 Å². The third-order valence-corrected chi connectivity index (χ3v) is 4.55. The number of nitrogens with one attached hydrogen (secondary N) is 1. The fourth-order valence-electron chi connectivity index (χ4n) is 3.01. The summed E-state index contributed by atoms with van der Waals surface area (Å²) in [5.41, 5.74) is 2.21. The number of anilines is 2. The SMILES string of the molecule is CC1CC1C(=O)Nc1ccc(N2CCCCCC2)cc1. The van der Waals surface area contributed by atoms with Gasteiger partial charge in [0.05, 0.1) is 0 Å². The van der Waals surface area contributed by atoms with E-state index < -0.39 is 0 Å². The van der Waals surface area contributed by atoms with Gasteiger partial charge in [-0.15, -0.1) is 0 Å². The first-order valence-electron chi connectivity index (χ1n) is 7.90. The van der Waals surface area contributed by atoms with Crippen molar-refractivity contribution in [2.24, 2.45) is 11.8 Å². The molecule has 1 saturated carbocycles. The molecule has 2 unspecified atom stereocenters. The van der Waals surface area contributed by atoms with Crippen LogP contribution in [0.5, 0.6) is 0 Å². The van der Waals surface area contributed by atoms with E-state index in [0.29, 0.717) is 5.92 Å². The quantitative estimate of drug-likeness (QED) is 0.910. The molecule has 3 rings (SSSR count). The Morgan fingerprint density at radius 2 is 1.70 bits per heavy atom. The van der Waals surface area contributed by atoms with Crippen LogP contribution in [0.15, 0.2) is 24.3 Å². The first-order chi connectivity index (χ1) is 9.74. The fraction of sp³-hybridized carbons (Fsp3) is 0.588. The van der Waals surface area contributed by atoms with Crippen LogP contribution in [0.2, 0.25) is 0 Å². The van der Waals surface area contributed by atoms with E-state index in [4.69, 9.17) is 0 Å². The third kappa shape index (κ3) is 3.14. The van der Waals surface area contributed by atoms with Crippen LogP contribution in [-0.4, -0.2) is 19.0 Å². The molecule has 1 aromatic rings. The highest BCUT2D eigenvalue weighted by Crippen LogP contribution is 2.38. The first-order valence-corrected chi connectivity index (χ1v) is 7.90. The van der Waals surface area contributed by atoms with Gasteiger partial charge < -0.3 is 10.2 Å². The summed E-state index contributed by atoms with van der Waals surface area (Å²) in [4.78, 5) is 14.4. The lowest BCUT2D eigenvalue weighted by atomic mass is 10.2. The van der Waals surface area contributed by atoms with E-state index in [9.17, 15) is 4.79 Å². The Balaban J connectivity index is 1.60. The van der Waals surface area contributed by atoms with Gasteiger partial charge in [-0.3, -0.25) is 4.79 Å². The Kier molecular flexibility index (Phi) is 3.95. The van der Waals surface area contributed by atoms with Gasteiger partial charge in [0.15, 0.2) is 0 Å². The van der Waals surface area contributed by atoms with Gasteiger partial charge in [0, 0.05) is 30.4 Å². The van der Waals surface area contributed by atoms with Crippen molar-refractivity contribution in [2.45, 2.75) is 39.0 Å². The molecule has 1 N–H and O–H groups in total. The topological polar surface area (TPSA) is 32.3 Å². The monoisotopic (exact) mass is 272 g/mol. The minimum atomic E-state index is 0.181. The minimum Gasteiger partial charge on any atom is -0.372 e. The number of hydrogen-bond donors (Lipinski definition) is 1. The van der Waals surface area contributed by atoms with Crippen LogP contribution in [-0.2, 0) is 4.79 Å². The highest BCUT2D eigenvalue weighted by Gasteiger charge is 2.39. The van der Waals surface area contributed by atoms with Gasteiger partial charge in [-0.05, 0) is 49.4 Å². The van der Waals surface area contributed by atoms with E-state index in [-0.39, 0.29) is 11.8 Å². The molecule has 1 amide bonds. The molecule has 0 bridgehead atoms. The molecule has 3 nitrogen and oxygen atoms in total. The molecule has 108 valence electrons. The van der Waals surface area contributed by atoms with Crippen LogP contribution in [0.1, 0.15) is 39.0 Å². The maximum atomic E-state index is 11.9. The molecule has 0 aromatic heterocycles. The maximum Gasteiger partial charge on any atom is 0.227 e. The van der Waals surface area contributed by atoms with Crippen LogP contribution in [0.25, 0.3) is 0 Å². The summed E-state index contributed by atoms with van der Waals surface area (Å²) in [6, 6.07) is 8.34. The number of amides is 1. The van der Waals surface area contributed by atoms with Crippen LogP contribution < -0.4 is 10.2 Å². The van der Waals surface area contributed by atoms with E-state index in [1.165, 1.54) is 31.4 Å². The molecule has 1 aliphatic heterocycles. The first kappa shape index (κ1) is 13.5. The molecule has 1 aliphatic carbocycles. The highest BCUT2D eigenvalue weighted by atomic mass is 16.2. The third-order valence-electron chi connectivity index (χ3n) is 4.55. The number of carbonyl (C=O) groups is 1. The van der Waals surface area contributed by atoms with Crippen molar-refractivity contribution in [3.05, 3.63) is 24.3 Å². The van der Waals surface area contributed by atoms with Crippen molar-refractivity contribution in [3.8, 4) is 0 Å². The van der Waals surface area contributed by atoms with E-state index in [2.05, 4.69) is 29.3 Å². The van der Waals surface area contributed by atoms with Crippen molar-refractivity contribution in [3.63, 3.8) is 0 Å². The summed E-state index contributed by atoms with van der Waals surface area (Å²) in [7, 11) is 0. The van der Waals surface area contributed by atoms with Crippen LogP contribution in [0, 0.1) is 11.8 Å². The zero-order chi connectivity index (χ0) is 13.9. The van der Waals surface area contributed by atoms with Crippen molar-refractivity contribution < 1.29 is 4.79 Å². The lowest BCUT2D eigenvalue weighted by Gasteiger charge is -2.22. The van der Waals surface area contributed by atoms with E-state index in [1.54, 1.807) is 0 Å². The Hall–Kier alpha value is -1.51. The lowest BCUT2D eigenvalue weighted by Crippen LogP contribution is -2.23. The molecule has 2 atom stereocenters. The fourth-order valence-corrected chi connectivity index (χ4v) is 3.01. The molecule has 2 aliphatic rings. The second-order valence-corrected chi connectivity index (χ2v) is 6.26. The van der Waals surface area contributed by atoms with E-state index in [1.807, 2.05) is 12.1 Å². The van der Waals surface area contributed by atoms with E-state index >= 15 is 0 Å². The second-order valence-electron chi connectivity index (χ2n) is 6.26. The average Bonchev–Trinajstić information content (AvgIpc) is 3.22. The van der Waals surface area contributed by atoms with Gasteiger partial charge in [0.1, 0.15) is 0 Å². The van der Waals surface area contributed by atoms with Gasteiger partial charge in [0.2, 0.25) is 5.91 Å². The Morgan fingerprint density at radius 3 is 2.25 bits per heavy atom. The number of nitrogens with zero attached hydrogens (tertiary/aromatic N) is 1. The predicted octanol–water partition coefficient (Wildman–Crippen LogP) is 3.66. The maximum absolute atomic E-state index is 11.9. The van der Waals surface area contributed by atoms with Crippen molar-refractivity contribution >= 4 is 17.3 Å². The van der Waals surface area contributed by atoms with E-state index in [0.717, 1.165) is 25.2 Å². The summed E-state index contributed by atoms with van der Waals surface area (Å²) in [6.45, 7) is 4.45.